The van der Waals surface area contributed by atoms with Crippen molar-refractivity contribution in [1.82, 2.24) is 4.90 Å². The van der Waals surface area contributed by atoms with Crippen LogP contribution in [0.2, 0.25) is 0 Å². The molecule has 3 fully saturated rings. The molecule has 2 unspecified atom stereocenters. The van der Waals surface area contributed by atoms with Crippen LogP contribution < -0.4 is 4.74 Å². The van der Waals surface area contributed by atoms with Gasteiger partial charge in [-0.1, -0.05) is 48.5 Å². The molecule has 1 N–H and O–H groups in total. The average Bonchev–Trinajstić information content (AvgIpc) is 2.66. The van der Waals surface area contributed by atoms with Crippen molar-refractivity contribution in [2.24, 2.45) is 11.8 Å². The van der Waals surface area contributed by atoms with Gasteiger partial charge in [0.15, 0.2) is 0 Å². The van der Waals surface area contributed by atoms with Crippen LogP contribution in [0.5, 0.6) is 5.75 Å². The molecule has 6 atom stereocenters. The molecule has 2 bridgehead atoms. The van der Waals surface area contributed by atoms with Crippen LogP contribution >= 0.6 is 0 Å². The lowest BCUT2D eigenvalue weighted by atomic mass is 9.67. The summed E-state index contributed by atoms with van der Waals surface area (Å²) in [5, 5.41) is 10.7. The molecular formula is C21H23NO3. The minimum Gasteiger partial charge on any atom is -0.426 e. The molecule has 0 saturated carbocycles. The Kier molecular flexibility index (Phi) is 4.32. The number of carbonyl (C=O) groups is 1. The van der Waals surface area contributed by atoms with Gasteiger partial charge in [-0.05, 0) is 37.6 Å². The normalized spacial score (nSPS) is 33.8. The third kappa shape index (κ3) is 2.86. The Morgan fingerprint density at radius 1 is 1.08 bits per heavy atom. The number of fused-ring (bicyclic) bond motifs is 3. The topological polar surface area (TPSA) is 49.8 Å². The minimum atomic E-state index is -0.498. The molecule has 2 aromatic rings. The third-order valence-corrected chi connectivity index (χ3v) is 5.71. The summed E-state index contributed by atoms with van der Waals surface area (Å²) in [7, 11) is 0. The minimum absolute atomic E-state index is 0.0460. The second-order valence-electron chi connectivity index (χ2n) is 7.04. The van der Waals surface area contributed by atoms with Crippen molar-refractivity contribution < 1.29 is 14.6 Å². The number of aliphatic hydroxyl groups is 1. The standard InChI is InChI=1S/C21H23NO3/c1-14-20(23)17-12-13-22(14)19(15-8-4-2-5-9-15)18(17)21(24)25-16-10-6-3-7-11-16/h2-11,14,17-20,23H,12-13H2,1H3/t14-,17+,18-,19?,20+/m0/s1. The van der Waals surface area contributed by atoms with Crippen LogP contribution in [0.25, 0.3) is 0 Å². The predicted octanol–water partition coefficient (Wildman–Crippen LogP) is 3.03. The summed E-state index contributed by atoms with van der Waals surface area (Å²) >= 11 is 0. The van der Waals surface area contributed by atoms with Crippen LogP contribution in [0.1, 0.15) is 24.9 Å². The highest BCUT2D eigenvalue weighted by Gasteiger charge is 2.54. The monoisotopic (exact) mass is 337 g/mol. The predicted molar refractivity (Wildman–Crippen MR) is 95.0 cm³/mol. The van der Waals surface area contributed by atoms with E-state index in [1.54, 1.807) is 12.1 Å². The van der Waals surface area contributed by atoms with E-state index in [0.717, 1.165) is 18.5 Å². The van der Waals surface area contributed by atoms with E-state index in [1.807, 2.05) is 43.3 Å². The maximum Gasteiger partial charge on any atom is 0.316 e. The Morgan fingerprint density at radius 3 is 2.40 bits per heavy atom. The highest BCUT2D eigenvalue weighted by atomic mass is 16.5. The van der Waals surface area contributed by atoms with Crippen LogP contribution in [0, 0.1) is 11.8 Å². The number of hydrogen-bond donors (Lipinski definition) is 1. The van der Waals surface area contributed by atoms with Crippen LogP contribution in [0.15, 0.2) is 60.7 Å². The molecule has 3 heterocycles. The Labute approximate surface area is 148 Å². The highest BCUT2D eigenvalue weighted by molar-refractivity contribution is 5.77. The molecule has 25 heavy (non-hydrogen) atoms. The summed E-state index contributed by atoms with van der Waals surface area (Å²) in [6.07, 6.45) is 0.325. The van der Waals surface area contributed by atoms with E-state index in [2.05, 4.69) is 17.0 Å². The zero-order valence-electron chi connectivity index (χ0n) is 14.3. The summed E-state index contributed by atoms with van der Waals surface area (Å²) in [6, 6.07) is 19.3. The number of esters is 1. The molecule has 5 rings (SSSR count). The van der Waals surface area contributed by atoms with Gasteiger partial charge in [0.1, 0.15) is 5.75 Å². The molecule has 4 nitrogen and oxygen atoms in total. The average molecular weight is 337 g/mol. The lowest BCUT2D eigenvalue weighted by molar-refractivity contribution is -0.170. The molecule has 2 aromatic carbocycles. The number of benzene rings is 2. The largest absolute Gasteiger partial charge is 0.426 e. The van der Waals surface area contributed by atoms with Gasteiger partial charge in [-0.2, -0.15) is 0 Å². The lowest BCUT2D eigenvalue weighted by Gasteiger charge is -2.55. The zero-order valence-corrected chi connectivity index (χ0v) is 14.3. The number of rotatable bonds is 3. The molecule has 4 heteroatoms. The lowest BCUT2D eigenvalue weighted by Crippen LogP contribution is -2.63. The first-order valence-corrected chi connectivity index (χ1v) is 8.92. The second kappa shape index (κ2) is 6.62. The number of aliphatic hydroxyl groups excluding tert-OH is 1. The quantitative estimate of drug-likeness (QED) is 0.691. The second-order valence-corrected chi connectivity index (χ2v) is 7.04. The maximum atomic E-state index is 13.0. The fraction of sp³-hybridized carbons (Fsp3) is 0.381. The van der Waals surface area contributed by atoms with Crippen molar-refractivity contribution in [3.8, 4) is 5.75 Å². The van der Waals surface area contributed by atoms with Crippen molar-refractivity contribution in [3.05, 3.63) is 66.2 Å². The maximum absolute atomic E-state index is 13.0. The smallest absolute Gasteiger partial charge is 0.316 e. The number of ether oxygens (including phenoxy) is 1. The van der Waals surface area contributed by atoms with E-state index >= 15 is 0 Å². The molecule has 3 aliphatic rings. The zero-order chi connectivity index (χ0) is 17.4. The molecule has 130 valence electrons. The Hall–Kier alpha value is -2.17. The summed E-state index contributed by atoms with van der Waals surface area (Å²) in [6.45, 7) is 2.95. The molecule has 0 radical (unpaired) electrons. The first kappa shape index (κ1) is 16.3. The van der Waals surface area contributed by atoms with Gasteiger partial charge in [-0.15, -0.1) is 0 Å². The Balaban J connectivity index is 1.68. The van der Waals surface area contributed by atoms with E-state index in [-0.39, 0.29) is 29.9 Å². The third-order valence-electron chi connectivity index (χ3n) is 5.71. The summed E-state index contributed by atoms with van der Waals surface area (Å²) in [4.78, 5) is 15.3. The van der Waals surface area contributed by atoms with Crippen LogP contribution in [0.4, 0.5) is 0 Å². The van der Waals surface area contributed by atoms with Gasteiger partial charge >= 0.3 is 5.97 Å². The van der Waals surface area contributed by atoms with E-state index in [1.165, 1.54) is 0 Å². The molecule has 0 aromatic heterocycles. The molecule has 3 aliphatic heterocycles. The van der Waals surface area contributed by atoms with Gasteiger partial charge in [0.25, 0.3) is 0 Å². The van der Waals surface area contributed by atoms with Gasteiger partial charge in [-0.3, -0.25) is 9.69 Å². The van der Waals surface area contributed by atoms with Gasteiger partial charge in [0.05, 0.1) is 12.0 Å². The van der Waals surface area contributed by atoms with E-state index in [9.17, 15) is 9.90 Å². The van der Waals surface area contributed by atoms with E-state index in [4.69, 9.17) is 4.74 Å². The highest BCUT2D eigenvalue weighted by Crippen LogP contribution is 2.48. The SMILES string of the molecule is C[C@H]1[C@@H](O)[C@@H]2CCN1C(c1ccccc1)[C@H]2C(=O)Oc1ccccc1. The number of piperidine rings is 3. The fourth-order valence-electron chi connectivity index (χ4n) is 4.48. The van der Waals surface area contributed by atoms with Gasteiger partial charge in [0.2, 0.25) is 0 Å². The van der Waals surface area contributed by atoms with Crippen molar-refractivity contribution in [2.45, 2.75) is 31.5 Å². The molecule has 3 saturated heterocycles. The van der Waals surface area contributed by atoms with Crippen molar-refractivity contribution in [2.75, 3.05) is 6.54 Å². The van der Waals surface area contributed by atoms with E-state index in [0.29, 0.717) is 5.75 Å². The first-order chi connectivity index (χ1) is 12.2. The van der Waals surface area contributed by atoms with Gasteiger partial charge in [0, 0.05) is 18.0 Å². The van der Waals surface area contributed by atoms with Crippen LogP contribution in [-0.2, 0) is 4.79 Å². The Bertz CT molecular complexity index is 733. The first-order valence-electron chi connectivity index (χ1n) is 8.92. The Morgan fingerprint density at radius 2 is 1.72 bits per heavy atom. The van der Waals surface area contributed by atoms with Crippen LogP contribution in [0.3, 0.4) is 0 Å². The summed E-state index contributed by atoms with van der Waals surface area (Å²) in [5.74, 6) is -0.122. The van der Waals surface area contributed by atoms with Crippen molar-refractivity contribution in [3.63, 3.8) is 0 Å². The number of nitrogens with zero attached hydrogens (tertiary/aromatic N) is 1. The molecule has 0 amide bonds. The van der Waals surface area contributed by atoms with Gasteiger partial charge in [-0.25, -0.2) is 0 Å². The molecule has 0 aliphatic carbocycles. The summed E-state index contributed by atoms with van der Waals surface area (Å²) in [5.41, 5.74) is 1.11. The fourth-order valence-corrected chi connectivity index (χ4v) is 4.48. The van der Waals surface area contributed by atoms with Crippen LogP contribution in [-0.4, -0.2) is 34.7 Å². The summed E-state index contributed by atoms with van der Waals surface area (Å²) < 4.78 is 5.67. The van der Waals surface area contributed by atoms with Crippen molar-refractivity contribution in [1.29, 1.82) is 0 Å². The molecule has 0 spiro atoms. The number of carbonyl (C=O) groups excluding carboxylic acids is 1. The van der Waals surface area contributed by atoms with E-state index < -0.39 is 6.10 Å². The number of para-hydroxylation sites is 1. The van der Waals surface area contributed by atoms with Gasteiger partial charge < -0.3 is 9.84 Å². The molecular weight excluding hydrogens is 314 g/mol. The van der Waals surface area contributed by atoms with Crippen molar-refractivity contribution >= 4 is 5.97 Å². The number of hydrogen-bond acceptors (Lipinski definition) is 4.